The van der Waals surface area contributed by atoms with Crippen LogP contribution in [0.3, 0.4) is 0 Å². The van der Waals surface area contributed by atoms with Crippen molar-refractivity contribution in [2.75, 3.05) is 13.2 Å². The van der Waals surface area contributed by atoms with Crippen LogP contribution in [0.4, 0.5) is 0 Å². The van der Waals surface area contributed by atoms with Gasteiger partial charge < -0.3 is 20.3 Å². The zero-order valence-corrected chi connectivity index (χ0v) is 58.6. The van der Waals surface area contributed by atoms with Gasteiger partial charge in [0.1, 0.15) is 0 Å². The quantitative estimate of drug-likeness (QED) is 0.0320. The second kappa shape index (κ2) is 75.8. The van der Waals surface area contributed by atoms with E-state index in [4.69, 9.17) is 4.74 Å². The average molecular weight is 1210 g/mol. The summed E-state index contributed by atoms with van der Waals surface area (Å²) in [5, 5.41) is 23.3. The number of amides is 1. The number of carbonyl (C=O) groups is 2. The van der Waals surface area contributed by atoms with Gasteiger partial charge in [0.05, 0.1) is 25.4 Å². The molecule has 0 bridgehead atoms. The highest BCUT2D eigenvalue weighted by molar-refractivity contribution is 5.76. The number of unbranched alkanes of at least 4 members (excludes halogenated alkanes) is 60. The van der Waals surface area contributed by atoms with E-state index in [-0.39, 0.29) is 18.5 Å². The lowest BCUT2D eigenvalue weighted by Crippen LogP contribution is -2.45. The molecular formula is C80H155NO5. The van der Waals surface area contributed by atoms with E-state index < -0.39 is 12.1 Å². The molecule has 1 amide bonds. The van der Waals surface area contributed by atoms with E-state index in [0.29, 0.717) is 25.9 Å². The maximum absolute atomic E-state index is 12.5. The molecule has 0 aromatic carbocycles. The van der Waals surface area contributed by atoms with Gasteiger partial charge in [0.15, 0.2) is 0 Å². The number of carbonyl (C=O) groups excluding carboxylic acids is 2. The molecule has 510 valence electrons. The summed E-state index contributed by atoms with van der Waals surface area (Å²) in [6, 6.07) is -0.538. The SMILES string of the molecule is CCCCCCCCCCCCCCCCCCCCC(=O)OCCCCCCCCCCCCCCCCC/C=C\C/C=C\CCCCCCCCCCCCCCCCCCCC(=O)NC(CO)C(O)CCCCCCCCCCCCCC. The van der Waals surface area contributed by atoms with Crippen molar-refractivity contribution < 1.29 is 24.5 Å². The summed E-state index contributed by atoms with van der Waals surface area (Å²) in [5.74, 6) is -0.00426. The molecule has 0 aliphatic heterocycles. The molecule has 3 N–H and O–H groups in total. The Morgan fingerprint density at radius 1 is 0.326 bits per heavy atom. The van der Waals surface area contributed by atoms with Crippen LogP contribution in [-0.4, -0.2) is 47.4 Å². The van der Waals surface area contributed by atoms with Gasteiger partial charge in [-0.1, -0.05) is 404 Å². The van der Waals surface area contributed by atoms with Crippen LogP contribution >= 0.6 is 0 Å². The van der Waals surface area contributed by atoms with Crippen molar-refractivity contribution in [3.8, 4) is 0 Å². The fourth-order valence-corrected chi connectivity index (χ4v) is 12.7. The third kappa shape index (κ3) is 71.4. The number of hydrogen-bond acceptors (Lipinski definition) is 5. The third-order valence-corrected chi connectivity index (χ3v) is 18.8. The van der Waals surface area contributed by atoms with Gasteiger partial charge in [-0.2, -0.15) is 0 Å². The summed E-state index contributed by atoms with van der Waals surface area (Å²) >= 11 is 0. The van der Waals surface area contributed by atoms with Gasteiger partial charge in [0.25, 0.3) is 0 Å². The number of aliphatic hydroxyl groups excluding tert-OH is 2. The molecule has 6 nitrogen and oxygen atoms in total. The summed E-state index contributed by atoms with van der Waals surface area (Å²) in [6.45, 7) is 5.00. The minimum absolute atomic E-state index is 0.0256. The van der Waals surface area contributed by atoms with Crippen molar-refractivity contribution in [2.24, 2.45) is 0 Å². The van der Waals surface area contributed by atoms with Gasteiger partial charge in [0, 0.05) is 12.8 Å². The first-order chi connectivity index (χ1) is 42.5. The number of rotatable bonds is 75. The van der Waals surface area contributed by atoms with E-state index in [9.17, 15) is 19.8 Å². The Kier molecular flexibility index (Phi) is 74.3. The second-order valence-electron chi connectivity index (χ2n) is 27.4. The Hall–Kier alpha value is -1.66. The Bertz CT molecular complexity index is 1350. The molecule has 0 aromatic rings. The van der Waals surface area contributed by atoms with Gasteiger partial charge in [0.2, 0.25) is 5.91 Å². The molecule has 0 aliphatic carbocycles. The van der Waals surface area contributed by atoms with Crippen LogP contribution in [-0.2, 0) is 14.3 Å². The minimum Gasteiger partial charge on any atom is -0.466 e. The lowest BCUT2D eigenvalue weighted by molar-refractivity contribution is -0.143. The van der Waals surface area contributed by atoms with Crippen LogP contribution in [0.2, 0.25) is 0 Å². The number of nitrogens with one attached hydrogen (secondary N) is 1. The van der Waals surface area contributed by atoms with Crippen LogP contribution in [0.25, 0.3) is 0 Å². The normalized spacial score (nSPS) is 12.6. The first-order valence-corrected chi connectivity index (χ1v) is 39.6. The van der Waals surface area contributed by atoms with Crippen LogP contribution in [0, 0.1) is 0 Å². The standard InChI is InChI=1S/C80H155NO5/c1-3-5-7-9-11-13-15-17-18-19-44-47-50-54-58-62-66-70-74-80(85)86-75-71-67-63-59-55-51-48-45-42-40-38-36-34-32-30-28-26-24-22-20-21-23-25-27-29-31-33-35-37-39-41-43-46-49-53-57-61-65-69-73-79(84)81-77(76-82)78(83)72-68-64-60-56-52-16-14-12-10-8-6-4-2/h20-21,24,26,77-78,82-83H,3-19,22-23,25,27-76H2,1-2H3,(H,81,84)/b21-20-,26-24-. The Balaban J connectivity index is 3.32. The van der Waals surface area contributed by atoms with Crippen LogP contribution in [0.5, 0.6) is 0 Å². The van der Waals surface area contributed by atoms with Gasteiger partial charge in [-0.05, 0) is 57.8 Å². The fraction of sp³-hybridized carbons (Fsp3) is 0.925. The number of ether oxygens (including phenoxy) is 1. The molecule has 0 heterocycles. The lowest BCUT2D eigenvalue weighted by Gasteiger charge is -2.22. The zero-order valence-electron chi connectivity index (χ0n) is 58.6. The monoisotopic (exact) mass is 1210 g/mol. The lowest BCUT2D eigenvalue weighted by atomic mass is 10.0. The Morgan fingerprint density at radius 3 is 0.884 bits per heavy atom. The predicted molar refractivity (Wildman–Crippen MR) is 380 cm³/mol. The number of esters is 1. The number of aliphatic hydroxyl groups is 2. The van der Waals surface area contributed by atoms with E-state index in [1.807, 2.05) is 0 Å². The van der Waals surface area contributed by atoms with E-state index in [0.717, 1.165) is 44.9 Å². The van der Waals surface area contributed by atoms with Crippen molar-refractivity contribution in [1.29, 1.82) is 0 Å². The van der Waals surface area contributed by atoms with Gasteiger partial charge >= 0.3 is 5.97 Å². The van der Waals surface area contributed by atoms with Gasteiger partial charge in [-0.15, -0.1) is 0 Å². The van der Waals surface area contributed by atoms with Crippen LogP contribution in [0.1, 0.15) is 450 Å². The molecule has 0 aliphatic rings. The first kappa shape index (κ1) is 84.3. The van der Waals surface area contributed by atoms with Crippen LogP contribution in [0.15, 0.2) is 24.3 Å². The molecule has 0 saturated heterocycles. The molecular weight excluding hydrogens is 1050 g/mol. The Labute approximate surface area is 539 Å². The summed E-state index contributed by atoms with van der Waals surface area (Å²) in [6.07, 6.45) is 97.1. The summed E-state index contributed by atoms with van der Waals surface area (Å²) < 4.78 is 5.52. The van der Waals surface area contributed by atoms with Crippen LogP contribution < -0.4 is 5.32 Å². The van der Waals surface area contributed by atoms with Crippen molar-refractivity contribution in [3.05, 3.63) is 24.3 Å². The first-order valence-electron chi connectivity index (χ1n) is 39.6. The molecule has 0 radical (unpaired) electrons. The van der Waals surface area contributed by atoms with E-state index in [2.05, 4.69) is 43.5 Å². The second-order valence-corrected chi connectivity index (χ2v) is 27.4. The van der Waals surface area contributed by atoms with E-state index in [1.165, 1.54) is 372 Å². The zero-order chi connectivity index (χ0) is 62.0. The summed E-state index contributed by atoms with van der Waals surface area (Å²) in [7, 11) is 0. The molecule has 0 spiro atoms. The van der Waals surface area contributed by atoms with Gasteiger partial charge in [-0.25, -0.2) is 0 Å². The van der Waals surface area contributed by atoms with E-state index in [1.54, 1.807) is 0 Å². The van der Waals surface area contributed by atoms with Crippen molar-refractivity contribution in [1.82, 2.24) is 5.32 Å². The number of hydrogen-bond donors (Lipinski definition) is 3. The number of allylic oxidation sites excluding steroid dienone is 4. The maximum atomic E-state index is 12.5. The molecule has 0 fully saturated rings. The molecule has 0 rings (SSSR count). The predicted octanol–water partition coefficient (Wildman–Crippen LogP) is 26.0. The minimum atomic E-state index is -0.661. The molecule has 0 aromatic heterocycles. The fourth-order valence-electron chi connectivity index (χ4n) is 12.7. The smallest absolute Gasteiger partial charge is 0.305 e. The topological polar surface area (TPSA) is 95.9 Å². The highest BCUT2D eigenvalue weighted by Crippen LogP contribution is 2.20. The molecule has 6 heteroatoms. The molecule has 2 unspecified atom stereocenters. The summed E-state index contributed by atoms with van der Waals surface area (Å²) in [4.78, 5) is 24.6. The maximum Gasteiger partial charge on any atom is 0.305 e. The van der Waals surface area contributed by atoms with Crippen molar-refractivity contribution in [2.45, 2.75) is 463 Å². The average Bonchev–Trinajstić information content (AvgIpc) is 3.53. The molecule has 0 saturated carbocycles. The Morgan fingerprint density at radius 2 is 0.581 bits per heavy atom. The highest BCUT2D eigenvalue weighted by Gasteiger charge is 2.20. The van der Waals surface area contributed by atoms with Crippen molar-refractivity contribution >= 4 is 11.9 Å². The molecule has 2 atom stereocenters. The van der Waals surface area contributed by atoms with Gasteiger partial charge in [-0.3, -0.25) is 9.59 Å². The largest absolute Gasteiger partial charge is 0.466 e. The van der Waals surface area contributed by atoms with Crippen molar-refractivity contribution in [3.63, 3.8) is 0 Å². The molecule has 86 heavy (non-hydrogen) atoms. The third-order valence-electron chi connectivity index (χ3n) is 18.8. The highest BCUT2D eigenvalue weighted by atomic mass is 16.5. The summed E-state index contributed by atoms with van der Waals surface area (Å²) in [5.41, 5.74) is 0. The van der Waals surface area contributed by atoms with E-state index >= 15 is 0 Å².